The van der Waals surface area contributed by atoms with Crippen molar-refractivity contribution in [3.05, 3.63) is 53.4 Å². The number of carbonyl (C=O) groups is 1. The van der Waals surface area contributed by atoms with Gasteiger partial charge < -0.3 is 5.11 Å². The average molecular weight is 476 g/mol. The molecule has 3 N–H and O–H groups in total. The second-order valence-electron chi connectivity index (χ2n) is 8.87. The van der Waals surface area contributed by atoms with E-state index in [1.165, 1.54) is 30.9 Å². The van der Waals surface area contributed by atoms with Crippen LogP contribution in [0, 0.1) is 11.8 Å². The molecule has 2 aliphatic rings. The number of nitrogens with zero attached hydrogens (tertiary/aromatic N) is 4. The van der Waals surface area contributed by atoms with E-state index in [9.17, 15) is 18.3 Å². The number of nitrogens with two attached hydrogens (primary N) is 1. The maximum Gasteiger partial charge on any atom is 0.333 e. The third-order valence-corrected chi connectivity index (χ3v) is 6.81. The molecule has 4 rings (SSSR count). The molecule has 0 aromatic carbocycles. The number of ketones is 1. The van der Waals surface area contributed by atoms with Crippen molar-refractivity contribution in [2.75, 3.05) is 6.61 Å². The summed E-state index contributed by atoms with van der Waals surface area (Å²) in [5, 5.41) is 19.6. The second kappa shape index (κ2) is 10.2. The highest BCUT2D eigenvalue weighted by atomic mass is 32.2. The van der Waals surface area contributed by atoms with E-state index in [4.69, 9.17) is 5.14 Å². The first-order valence-corrected chi connectivity index (χ1v) is 12.7. The van der Waals surface area contributed by atoms with Gasteiger partial charge in [-0.15, -0.1) is 0 Å². The highest BCUT2D eigenvalue weighted by molar-refractivity contribution is 7.84. The molecule has 33 heavy (non-hydrogen) atoms. The number of allylic oxidation sites excluding steroid dienone is 2. The van der Waals surface area contributed by atoms with Gasteiger partial charge in [0, 0.05) is 18.3 Å². The average Bonchev–Trinajstić information content (AvgIpc) is 3.38. The molecular formula is C22H29N5O5S. The molecule has 0 spiro atoms. The Hall–Kier alpha value is -2.47. The third kappa shape index (κ3) is 6.32. The quantitative estimate of drug-likeness (QED) is 0.410. The van der Waals surface area contributed by atoms with Gasteiger partial charge in [0.05, 0.1) is 30.5 Å². The van der Waals surface area contributed by atoms with Gasteiger partial charge in [-0.05, 0) is 56.9 Å². The monoisotopic (exact) mass is 475 g/mol. The molecule has 0 amide bonds. The summed E-state index contributed by atoms with van der Waals surface area (Å²) < 4.78 is 28.5. The molecule has 2 aromatic rings. The van der Waals surface area contributed by atoms with Crippen molar-refractivity contribution in [3.8, 4) is 0 Å². The lowest BCUT2D eigenvalue weighted by molar-refractivity contribution is 0.100. The van der Waals surface area contributed by atoms with E-state index in [2.05, 4.69) is 25.3 Å². The molecule has 0 unspecified atom stereocenters. The molecule has 0 radical (unpaired) electrons. The van der Waals surface area contributed by atoms with Gasteiger partial charge in [-0.1, -0.05) is 11.6 Å². The van der Waals surface area contributed by atoms with Crippen molar-refractivity contribution >= 4 is 16.1 Å². The van der Waals surface area contributed by atoms with Gasteiger partial charge in [0.2, 0.25) is 5.78 Å². The number of aliphatic hydroxyl groups excluding tert-OH is 1. The topological polar surface area (TPSA) is 150 Å². The standard InChI is InChI=1S/C22H29N5O5S/c23-33(30,31)32-13-17-8-16(10-21(17)28)9-20-18(11-24-14-25-20)22(29)19-6-7-27(26-19)12-15-4-2-1-3-5-15/h4,6-7,11,14,16-17,21,28H,1-3,5,8-10,12-13H2,(H2,23,30,31)/t16-,17+,21-/m0/s1. The van der Waals surface area contributed by atoms with Crippen molar-refractivity contribution < 1.29 is 22.5 Å². The predicted octanol–water partition coefficient (Wildman–Crippen LogP) is 1.55. The van der Waals surface area contributed by atoms with Gasteiger partial charge in [-0.3, -0.25) is 13.7 Å². The fourth-order valence-corrected chi connectivity index (χ4v) is 5.05. The van der Waals surface area contributed by atoms with Crippen molar-refractivity contribution in [1.82, 2.24) is 19.7 Å². The second-order valence-corrected chi connectivity index (χ2v) is 10.1. The highest BCUT2D eigenvalue weighted by Crippen LogP contribution is 2.34. The van der Waals surface area contributed by atoms with E-state index in [0.717, 1.165) is 12.8 Å². The number of aliphatic hydroxyl groups is 1. The zero-order valence-corrected chi connectivity index (χ0v) is 19.2. The van der Waals surface area contributed by atoms with Gasteiger partial charge in [0.25, 0.3) is 0 Å². The van der Waals surface area contributed by atoms with E-state index < -0.39 is 16.4 Å². The van der Waals surface area contributed by atoms with Crippen LogP contribution in [0.2, 0.25) is 0 Å². The van der Waals surface area contributed by atoms with Crippen molar-refractivity contribution in [2.24, 2.45) is 17.0 Å². The largest absolute Gasteiger partial charge is 0.393 e. The minimum absolute atomic E-state index is 0.0197. The summed E-state index contributed by atoms with van der Waals surface area (Å²) in [5.74, 6) is -0.569. The minimum atomic E-state index is -4.06. The van der Waals surface area contributed by atoms with Crippen LogP contribution in [0.5, 0.6) is 0 Å². The lowest BCUT2D eigenvalue weighted by Crippen LogP contribution is -2.24. The van der Waals surface area contributed by atoms with E-state index in [1.54, 1.807) is 10.7 Å². The molecule has 1 fully saturated rings. The summed E-state index contributed by atoms with van der Waals surface area (Å²) >= 11 is 0. The maximum absolute atomic E-state index is 13.2. The van der Waals surface area contributed by atoms with Crippen molar-refractivity contribution in [3.63, 3.8) is 0 Å². The Morgan fingerprint density at radius 1 is 1.30 bits per heavy atom. The van der Waals surface area contributed by atoms with Gasteiger partial charge in [-0.25, -0.2) is 15.1 Å². The van der Waals surface area contributed by atoms with Gasteiger partial charge in [0.1, 0.15) is 12.0 Å². The SMILES string of the molecule is NS(=O)(=O)OC[C@H]1C[C@@H](Cc2ncncc2C(=O)c2ccn(CC3=CCCCC3)n2)C[C@@H]1O. The fourth-order valence-electron chi connectivity index (χ4n) is 4.69. The van der Waals surface area contributed by atoms with Gasteiger partial charge in [-0.2, -0.15) is 13.5 Å². The first-order valence-electron chi connectivity index (χ1n) is 11.2. The molecule has 0 saturated heterocycles. The zero-order valence-electron chi connectivity index (χ0n) is 18.3. The molecule has 2 aliphatic carbocycles. The molecule has 10 nitrogen and oxygen atoms in total. The Morgan fingerprint density at radius 3 is 2.91 bits per heavy atom. The molecule has 0 bridgehead atoms. The summed E-state index contributed by atoms with van der Waals surface area (Å²) in [6, 6.07) is 1.71. The van der Waals surface area contributed by atoms with Crippen LogP contribution in [0.25, 0.3) is 0 Å². The van der Waals surface area contributed by atoms with E-state index >= 15 is 0 Å². The Kier molecular flexibility index (Phi) is 7.32. The van der Waals surface area contributed by atoms with Crippen LogP contribution < -0.4 is 5.14 Å². The smallest absolute Gasteiger partial charge is 0.333 e. The van der Waals surface area contributed by atoms with Crippen molar-refractivity contribution in [1.29, 1.82) is 0 Å². The molecule has 3 atom stereocenters. The minimum Gasteiger partial charge on any atom is -0.393 e. The van der Waals surface area contributed by atoms with Gasteiger partial charge in [0.15, 0.2) is 0 Å². The van der Waals surface area contributed by atoms with Crippen LogP contribution in [0.4, 0.5) is 0 Å². The lowest BCUT2D eigenvalue weighted by Gasteiger charge is -2.13. The molecular weight excluding hydrogens is 446 g/mol. The fraction of sp³-hybridized carbons (Fsp3) is 0.545. The third-order valence-electron chi connectivity index (χ3n) is 6.35. The molecule has 2 heterocycles. The number of hydrogen-bond donors (Lipinski definition) is 2. The first-order chi connectivity index (χ1) is 15.8. The summed E-state index contributed by atoms with van der Waals surface area (Å²) in [6.45, 7) is 0.521. The maximum atomic E-state index is 13.2. The number of rotatable bonds is 9. The van der Waals surface area contributed by atoms with E-state index in [0.29, 0.717) is 42.8 Å². The van der Waals surface area contributed by atoms with E-state index in [1.807, 2.05) is 6.20 Å². The molecule has 11 heteroatoms. The molecule has 1 saturated carbocycles. The van der Waals surface area contributed by atoms with Crippen LogP contribution in [0.3, 0.4) is 0 Å². The summed E-state index contributed by atoms with van der Waals surface area (Å²) in [4.78, 5) is 21.5. The summed E-state index contributed by atoms with van der Waals surface area (Å²) in [6.07, 6.45) is 12.3. The van der Waals surface area contributed by atoms with E-state index in [-0.39, 0.29) is 24.2 Å². The van der Waals surface area contributed by atoms with Crippen LogP contribution in [0.1, 0.15) is 60.3 Å². The van der Waals surface area contributed by atoms with Gasteiger partial charge >= 0.3 is 10.3 Å². The number of aromatic nitrogens is 4. The van der Waals surface area contributed by atoms with Crippen LogP contribution >= 0.6 is 0 Å². The summed E-state index contributed by atoms with van der Waals surface area (Å²) in [7, 11) is -4.06. The molecule has 2 aromatic heterocycles. The van der Waals surface area contributed by atoms with Crippen LogP contribution in [0.15, 0.2) is 36.4 Å². The number of hydrogen-bond acceptors (Lipinski definition) is 8. The van der Waals surface area contributed by atoms with Crippen LogP contribution in [-0.4, -0.2) is 51.8 Å². The predicted molar refractivity (Wildman–Crippen MR) is 119 cm³/mol. The molecule has 0 aliphatic heterocycles. The normalized spacial score (nSPS) is 23.5. The lowest BCUT2D eigenvalue weighted by atomic mass is 9.96. The Balaban J connectivity index is 1.42. The summed E-state index contributed by atoms with van der Waals surface area (Å²) in [5.41, 5.74) is 2.66. The Bertz CT molecular complexity index is 1130. The molecule has 178 valence electrons. The Labute approximate surface area is 193 Å². The highest BCUT2D eigenvalue weighted by Gasteiger charge is 2.35. The zero-order chi connectivity index (χ0) is 23.4. The van der Waals surface area contributed by atoms with Crippen molar-refractivity contribution in [2.45, 2.75) is 57.6 Å². The van der Waals surface area contributed by atoms with Crippen LogP contribution in [-0.2, 0) is 27.5 Å². The first kappa shape index (κ1) is 23.7. The Morgan fingerprint density at radius 2 is 2.15 bits per heavy atom. The number of carbonyl (C=O) groups excluding carboxylic acids is 1.